The standard InChI is InChI=1S/C22H22N4O3.C21H22N4O2.C13H18N2O.C9H5ClN2O2.C8H5ClN2O.C7H6N2/c1-2-16-14-25(11-12-26(16)21(28)15-7-4-3-5-8-15)22(29)19(27)18-13-24-20-17(18)9-6-10-23-20;1-2-16-14-24(11-12-25(16)20(26)15-7-4-3-5-8-15)21(27)18-13-23-19-17(18)9-6-10-22-19;1-2-12-10-14-8-9-15(12)13(16)11-6-4-3-5-7-11;10-8(14)7(13)6-4-12-9-5(6)2-1-3-11-9;9-7(12)6-4-11-8-5(6)2-1-3-10-8;1-2-6-3-5-9-7(6)8-4-1/h3-10,13,16H,2,11-12,14H2,1H3,(H,23,24);3-10,13,16H,2,11-12,14H2,1H3,(H,22,23);3-7,12,14H,2,8-10H2,1H3;1-4H,(H,11,12);1-4H,(H,10,11);1-5H,(H,8,9). The lowest BCUT2D eigenvalue weighted by molar-refractivity contribution is -0.129. The number of fused-ring (bicyclic) bond motifs is 5. The highest BCUT2D eigenvalue weighted by atomic mass is 35.5. The van der Waals surface area contributed by atoms with E-state index in [2.05, 4.69) is 69.0 Å². The van der Waals surface area contributed by atoms with Gasteiger partial charge in [-0.15, -0.1) is 0 Å². The van der Waals surface area contributed by atoms with Gasteiger partial charge in [-0.1, -0.05) is 75.4 Å². The number of benzene rings is 3. The first-order valence-electron chi connectivity index (χ1n) is 35.0. The molecular formula is C80H78Cl2N16O9. The third kappa shape index (κ3) is 18.3. The van der Waals surface area contributed by atoms with Gasteiger partial charge >= 0.3 is 0 Å². The second kappa shape index (κ2) is 36.4. The van der Waals surface area contributed by atoms with E-state index in [1.165, 1.54) is 12.4 Å². The molecule has 3 fully saturated rings. The van der Waals surface area contributed by atoms with Gasteiger partial charge in [0.15, 0.2) is 0 Å². The average Bonchev–Trinajstić information content (AvgIpc) is 1.79. The largest absolute Gasteiger partial charge is 0.346 e. The summed E-state index contributed by atoms with van der Waals surface area (Å²) in [4.78, 5) is 154. The minimum absolute atomic E-state index is 0.0127. The molecule has 16 rings (SSSR count). The summed E-state index contributed by atoms with van der Waals surface area (Å²) >= 11 is 10.4. The molecule has 107 heavy (non-hydrogen) atoms. The first kappa shape index (κ1) is 75.8. The van der Waals surface area contributed by atoms with Crippen molar-refractivity contribution in [3.63, 3.8) is 0 Å². The van der Waals surface area contributed by atoms with Crippen molar-refractivity contribution in [2.24, 2.45) is 0 Å². The molecule has 10 aromatic heterocycles. The van der Waals surface area contributed by atoms with E-state index in [4.69, 9.17) is 23.2 Å². The molecule has 0 aliphatic carbocycles. The number of rotatable bonds is 12. The number of aromatic nitrogens is 10. The minimum Gasteiger partial charge on any atom is -0.346 e. The normalized spacial score (nSPS) is 15.4. The van der Waals surface area contributed by atoms with E-state index in [1.807, 2.05) is 137 Å². The summed E-state index contributed by atoms with van der Waals surface area (Å²) in [6.07, 6.45) is 19.0. The number of halogens is 2. The smallest absolute Gasteiger partial charge is 0.295 e. The van der Waals surface area contributed by atoms with Crippen LogP contribution >= 0.6 is 23.2 Å². The van der Waals surface area contributed by atoms with Crippen LogP contribution in [-0.4, -0.2) is 203 Å². The van der Waals surface area contributed by atoms with Gasteiger partial charge in [-0.25, -0.2) is 24.9 Å². The number of carbonyl (C=O) groups excluding carboxylic acids is 9. The van der Waals surface area contributed by atoms with E-state index < -0.39 is 28.0 Å². The number of pyridine rings is 5. The Kier molecular flexibility index (Phi) is 25.8. The fourth-order valence-electron chi connectivity index (χ4n) is 12.9. The van der Waals surface area contributed by atoms with Gasteiger partial charge in [-0.2, -0.15) is 0 Å². The molecule has 0 spiro atoms. The zero-order valence-electron chi connectivity index (χ0n) is 58.9. The van der Waals surface area contributed by atoms with Crippen LogP contribution in [0.15, 0.2) is 220 Å². The molecule has 13 aromatic rings. The van der Waals surface area contributed by atoms with Crippen LogP contribution in [0, 0.1) is 0 Å². The number of amides is 5. The van der Waals surface area contributed by atoms with E-state index in [1.54, 1.807) is 102 Å². The van der Waals surface area contributed by atoms with Crippen LogP contribution in [0.1, 0.15) is 113 Å². The van der Waals surface area contributed by atoms with Crippen molar-refractivity contribution in [2.45, 2.75) is 58.2 Å². The summed E-state index contributed by atoms with van der Waals surface area (Å²) in [7, 11) is 0. The van der Waals surface area contributed by atoms with Gasteiger partial charge < -0.3 is 54.7 Å². The van der Waals surface area contributed by atoms with E-state index in [9.17, 15) is 43.2 Å². The lowest BCUT2D eigenvalue weighted by Gasteiger charge is -2.41. The molecule has 0 bridgehead atoms. The number of ketones is 2. The monoisotopic (exact) mass is 1480 g/mol. The molecule has 3 aromatic carbocycles. The van der Waals surface area contributed by atoms with Crippen molar-refractivity contribution in [1.29, 1.82) is 0 Å². The Balaban J connectivity index is 0.000000134. The summed E-state index contributed by atoms with van der Waals surface area (Å²) in [5, 5.41) is 5.87. The van der Waals surface area contributed by atoms with Crippen molar-refractivity contribution in [2.75, 3.05) is 58.9 Å². The molecule has 13 heterocycles. The average molecular weight is 1480 g/mol. The first-order valence-corrected chi connectivity index (χ1v) is 35.7. The predicted octanol–water partition coefficient (Wildman–Crippen LogP) is 12.0. The first-order chi connectivity index (χ1) is 52.1. The van der Waals surface area contributed by atoms with E-state index in [0.29, 0.717) is 113 Å². The van der Waals surface area contributed by atoms with E-state index in [0.717, 1.165) is 59.8 Å². The Morgan fingerprint density at radius 2 is 0.766 bits per heavy atom. The second-order valence-corrected chi connectivity index (χ2v) is 25.7. The van der Waals surface area contributed by atoms with Gasteiger partial charge in [-0.05, 0) is 146 Å². The molecule has 3 aliphatic heterocycles. The van der Waals surface area contributed by atoms with Crippen molar-refractivity contribution in [3.05, 3.63) is 259 Å². The minimum atomic E-state index is -0.991. The maximum atomic E-state index is 13.1. The number of hydrogen-bond acceptors (Lipinski definition) is 15. The molecule has 3 aliphatic rings. The summed E-state index contributed by atoms with van der Waals surface area (Å²) < 4.78 is 0. The Morgan fingerprint density at radius 1 is 0.383 bits per heavy atom. The SMILES string of the molecule is CCC1CN(C(=O)C(=O)c2c[nH]c3ncccc23)CCN1C(=O)c1ccccc1.CCC1CN(C(=O)c2c[nH]c3ncccc23)CCN1C(=O)c1ccccc1.CCC1CNCCN1C(=O)c1ccccc1.O=C(Cl)C(=O)c1c[nH]c2ncccc12.O=C(Cl)c1c[nH]c2ncccc12.c1cnc2[nH]ccc2c1. The Morgan fingerprint density at radius 3 is 1.21 bits per heavy atom. The highest BCUT2D eigenvalue weighted by Crippen LogP contribution is 2.26. The van der Waals surface area contributed by atoms with Crippen LogP contribution < -0.4 is 5.32 Å². The van der Waals surface area contributed by atoms with Crippen LogP contribution in [0.2, 0.25) is 0 Å². The molecule has 3 unspecified atom stereocenters. The quantitative estimate of drug-likeness (QED) is 0.0376. The fraction of sp³-hybridized carbons (Fsp3) is 0.225. The van der Waals surface area contributed by atoms with Crippen LogP contribution in [0.5, 0.6) is 0 Å². The molecule has 27 heteroatoms. The molecule has 0 radical (unpaired) electrons. The van der Waals surface area contributed by atoms with Crippen LogP contribution in [0.25, 0.3) is 55.2 Å². The number of Topliss-reactive ketones (excluding diaryl/α,β-unsaturated/α-hetero) is 2. The molecule has 0 saturated carbocycles. The lowest BCUT2D eigenvalue weighted by atomic mass is 10.0. The zero-order valence-corrected chi connectivity index (χ0v) is 60.4. The summed E-state index contributed by atoms with van der Waals surface area (Å²) in [6.45, 7) is 11.5. The van der Waals surface area contributed by atoms with Crippen LogP contribution in [0.3, 0.4) is 0 Å². The van der Waals surface area contributed by atoms with Crippen molar-refractivity contribution >= 4 is 130 Å². The fourth-order valence-corrected chi connectivity index (χ4v) is 13.2. The number of nitrogens with zero attached hydrogens (tertiary/aromatic N) is 10. The third-order valence-corrected chi connectivity index (χ3v) is 19.0. The predicted molar refractivity (Wildman–Crippen MR) is 410 cm³/mol. The van der Waals surface area contributed by atoms with Crippen LogP contribution in [0.4, 0.5) is 0 Å². The van der Waals surface area contributed by atoms with Crippen molar-refractivity contribution < 1.29 is 43.2 Å². The molecule has 6 N–H and O–H groups in total. The summed E-state index contributed by atoms with van der Waals surface area (Å²) in [5.41, 5.74) is 7.30. The summed E-state index contributed by atoms with van der Waals surface area (Å²) in [5.74, 6) is -1.68. The van der Waals surface area contributed by atoms with Gasteiger partial charge in [0, 0.05) is 183 Å². The molecule has 3 saturated heterocycles. The Bertz CT molecular complexity index is 5230. The molecule has 5 amide bonds. The van der Waals surface area contributed by atoms with Gasteiger partial charge in [0.2, 0.25) is 5.78 Å². The number of H-pyrrole nitrogens is 5. The van der Waals surface area contributed by atoms with Gasteiger partial charge in [-0.3, -0.25) is 43.2 Å². The molecule has 546 valence electrons. The third-order valence-electron chi connectivity index (χ3n) is 18.6. The lowest BCUT2D eigenvalue weighted by Crippen LogP contribution is -2.57. The Labute approximate surface area is 625 Å². The van der Waals surface area contributed by atoms with Crippen molar-refractivity contribution in [3.8, 4) is 0 Å². The maximum Gasteiger partial charge on any atom is 0.295 e. The molecule has 25 nitrogen and oxygen atoms in total. The summed E-state index contributed by atoms with van der Waals surface area (Å²) in [6, 6.07) is 48.4. The maximum absolute atomic E-state index is 13.1. The second-order valence-electron chi connectivity index (χ2n) is 25.0. The number of hydrogen-bond donors (Lipinski definition) is 6. The zero-order chi connectivity index (χ0) is 75.3. The number of piperazine rings is 3. The highest BCUT2D eigenvalue weighted by molar-refractivity contribution is 6.83. The number of aromatic amines is 5. The van der Waals surface area contributed by atoms with Crippen molar-refractivity contribution in [1.82, 2.24) is 79.7 Å². The number of nitrogens with one attached hydrogen (secondary N) is 6. The van der Waals surface area contributed by atoms with E-state index in [-0.39, 0.29) is 41.3 Å². The number of carbonyl (C=O) groups is 9. The van der Waals surface area contributed by atoms with E-state index >= 15 is 0 Å². The van der Waals surface area contributed by atoms with Gasteiger partial charge in [0.1, 0.15) is 28.2 Å². The molecular weight excluding hydrogens is 1400 g/mol. The van der Waals surface area contributed by atoms with Crippen LogP contribution in [-0.2, 0) is 9.59 Å². The topological polar surface area (TPSA) is 325 Å². The Hall–Kier alpha value is -12.3. The van der Waals surface area contributed by atoms with Gasteiger partial charge in [0.05, 0.1) is 22.3 Å². The highest BCUT2D eigenvalue weighted by Gasteiger charge is 2.36. The molecule has 3 atom stereocenters. The van der Waals surface area contributed by atoms with Gasteiger partial charge in [0.25, 0.3) is 45.8 Å².